The number of hydrogen-bond acceptors (Lipinski definition) is 5. The number of aryl methyl sites for hydroxylation is 2. The second-order valence-electron chi connectivity index (χ2n) is 5.87. The molecule has 6 heteroatoms. The summed E-state index contributed by atoms with van der Waals surface area (Å²) in [5, 5.41) is 8.05. The predicted molar refractivity (Wildman–Crippen MR) is 87.4 cm³/mol. The second kappa shape index (κ2) is 6.81. The fourth-order valence-corrected chi connectivity index (χ4v) is 2.77. The van der Waals surface area contributed by atoms with Crippen LogP contribution in [0.4, 0.5) is 6.01 Å². The summed E-state index contributed by atoms with van der Waals surface area (Å²) in [7, 11) is 0. The zero-order valence-electron chi connectivity index (χ0n) is 13.7. The molecule has 1 fully saturated rings. The van der Waals surface area contributed by atoms with Crippen LogP contribution in [0.3, 0.4) is 0 Å². The first-order valence-corrected chi connectivity index (χ1v) is 8.06. The van der Waals surface area contributed by atoms with E-state index in [0.29, 0.717) is 31.4 Å². The normalized spacial score (nSPS) is 15.0. The van der Waals surface area contributed by atoms with Gasteiger partial charge in [0.15, 0.2) is 0 Å². The van der Waals surface area contributed by atoms with Gasteiger partial charge in [-0.05, 0) is 12.5 Å². The molecule has 3 rings (SSSR count). The molecule has 2 aromatic rings. The summed E-state index contributed by atoms with van der Waals surface area (Å²) < 4.78 is 5.58. The van der Waals surface area contributed by atoms with Crippen molar-refractivity contribution in [3.63, 3.8) is 0 Å². The number of nitrogens with zero attached hydrogens (tertiary/aromatic N) is 4. The molecular formula is C17H22N4O2. The smallest absolute Gasteiger partial charge is 0.318 e. The average Bonchev–Trinajstić information content (AvgIpc) is 3.04. The van der Waals surface area contributed by atoms with E-state index in [4.69, 9.17) is 4.42 Å². The van der Waals surface area contributed by atoms with Gasteiger partial charge in [0.1, 0.15) is 0 Å². The van der Waals surface area contributed by atoms with Crippen LogP contribution in [0, 0.1) is 6.92 Å². The van der Waals surface area contributed by atoms with Crippen LogP contribution in [-0.4, -0.2) is 47.2 Å². The quantitative estimate of drug-likeness (QED) is 0.861. The minimum atomic E-state index is 0.176. The number of anilines is 1. The van der Waals surface area contributed by atoms with Crippen molar-refractivity contribution in [1.29, 1.82) is 0 Å². The van der Waals surface area contributed by atoms with Gasteiger partial charge in [-0.15, -0.1) is 5.10 Å². The lowest BCUT2D eigenvalue weighted by molar-refractivity contribution is -0.130. The summed E-state index contributed by atoms with van der Waals surface area (Å²) in [4.78, 5) is 16.4. The predicted octanol–water partition coefficient (Wildman–Crippen LogP) is 1.83. The van der Waals surface area contributed by atoms with Gasteiger partial charge in [-0.2, -0.15) is 0 Å². The fourth-order valence-electron chi connectivity index (χ4n) is 2.77. The molecule has 0 atom stereocenters. The molecule has 23 heavy (non-hydrogen) atoms. The molecule has 0 N–H and O–H groups in total. The molecule has 0 radical (unpaired) electrons. The first kappa shape index (κ1) is 15.5. The van der Waals surface area contributed by atoms with E-state index < -0.39 is 0 Å². The second-order valence-corrected chi connectivity index (χ2v) is 5.87. The Balaban J connectivity index is 1.55. The summed E-state index contributed by atoms with van der Waals surface area (Å²) >= 11 is 0. The minimum Gasteiger partial charge on any atom is -0.408 e. The van der Waals surface area contributed by atoms with Crippen molar-refractivity contribution in [3.8, 4) is 0 Å². The average molecular weight is 314 g/mol. The minimum absolute atomic E-state index is 0.176. The Morgan fingerprint density at radius 3 is 2.65 bits per heavy atom. The molecule has 1 aliphatic heterocycles. The number of benzene rings is 1. The van der Waals surface area contributed by atoms with Crippen LogP contribution < -0.4 is 4.90 Å². The molecule has 122 valence electrons. The van der Waals surface area contributed by atoms with Crippen LogP contribution in [0.1, 0.15) is 23.9 Å². The maximum atomic E-state index is 12.4. The molecule has 1 aromatic heterocycles. The van der Waals surface area contributed by atoms with E-state index in [1.165, 1.54) is 5.56 Å². The number of carbonyl (C=O) groups excluding carboxylic acids is 1. The van der Waals surface area contributed by atoms with Crippen LogP contribution in [0.25, 0.3) is 0 Å². The zero-order chi connectivity index (χ0) is 16.2. The molecule has 0 bridgehead atoms. The maximum Gasteiger partial charge on any atom is 0.318 e. The van der Waals surface area contributed by atoms with E-state index in [0.717, 1.165) is 25.1 Å². The highest BCUT2D eigenvalue weighted by Crippen LogP contribution is 2.16. The van der Waals surface area contributed by atoms with Crippen LogP contribution in [0.2, 0.25) is 0 Å². The molecule has 0 unspecified atom stereocenters. The molecule has 1 aromatic carbocycles. The third-order valence-electron chi connectivity index (χ3n) is 4.10. The lowest BCUT2D eigenvalue weighted by atomic mass is 10.1. The number of carbonyl (C=O) groups is 1. The van der Waals surface area contributed by atoms with Crippen molar-refractivity contribution in [1.82, 2.24) is 15.1 Å². The Hall–Kier alpha value is -2.37. The summed E-state index contributed by atoms with van der Waals surface area (Å²) in [5.74, 6) is 0.827. The summed E-state index contributed by atoms with van der Waals surface area (Å²) in [6.07, 6.45) is 1.20. The van der Waals surface area contributed by atoms with Gasteiger partial charge in [-0.3, -0.25) is 4.79 Å². The first-order valence-electron chi connectivity index (χ1n) is 8.06. The van der Waals surface area contributed by atoms with E-state index in [-0.39, 0.29) is 5.91 Å². The van der Waals surface area contributed by atoms with E-state index in [1.54, 1.807) is 0 Å². The molecule has 1 amide bonds. The van der Waals surface area contributed by atoms with Crippen molar-refractivity contribution in [2.24, 2.45) is 0 Å². The van der Waals surface area contributed by atoms with Crippen LogP contribution in [0.15, 0.2) is 28.7 Å². The summed E-state index contributed by atoms with van der Waals surface area (Å²) in [6.45, 7) is 6.86. The summed E-state index contributed by atoms with van der Waals surface area (Å²) in [6, 6.07) is 8.68. The van der Waals surface area contributed by atoms with Crippen LogP contribution in [-0.2, 0) is 17.6 Å². The molecule has 6 nitrogen and oxygen atoms in total. The van der Waals surface area contributed by atoms with Crippen molar-refractivity contribution >= 4 is 11.9 Å². The van der Waals surface area contributed by atoms with Crippen molar-refractivity contribution in [3.05, 3.63) is 41.3 Å². The highest BCUT2D eigenvalue weighted by molar-refractivity contribution is 5.79. The zero-order valence-corrected chi connectivity index (χ0v) is 13.7. The Bertz CT molecular complexity index is 675. The van der Waals surface area contributed by atoms with Gasteiger partial charge in [0.05, 0.1) is 6.42 Å². The molecule has 1 aliphatic rings. The highest BCUT2D eigenvalue weighted by Gasteiger charge is 2.24. The van der Waals surface area contributed by atoms with E-state index in [1.807, 2.05) is 41.8 Å². The topological polar surface area (TPSA) is 62.5 Å². The first-order chi connectivity index (χ1) is 11.2. The SMILES string of the molecule is CCc1nnc(N2CCN(C(=O)Cc3cccc(C)c3)CC2)o1. The standard InChI is InChI=1S/C17H22N4O2/c1-3-15-18-19-17(23-15)21-9-7-20(8-10-21)16(22)12-14-6-4-5-13(2)11-14/h4-6,11H,3,7-10,12H2,1-2H3. The van der Waals surface area contributed by atoms with Crippen molar-refractivity contribution in [2.45, 2.75) is 26.7 Å². The molecule has 0 saturated carbocycles. The van der Waals surface area contributed by atoms with Gasteiger partial charge in [0, 0.05) is 32.6 Å². The van der Waals surface area contributed by atoms with E-state index >= 15 is 0 Å². The molecular weight excluding hydrogens is 292 g/mol. The fraction of sp³-hybridized carbons (Fsp3) is 0.471. The van der Waals surface area contributed by atoms with E-state index in [9.17, 15) is 4.79 Å². The Morgan fingerprint density at radius 1 is 1.22 bits per heavy atom. The van der Waals surface area contributed by atoms with Gasteiger partial charge in [-0.1, -0.05) is 41.9 Å². The lowest BCUT2D eigenvalue weighted by Crippen LogP contribution is -2.49. The maximum absolute atomic E-state index is 12.4. The molecule has 2 heterocycles. The van der Waals surface area contributed by atoms with Gasteiger partial charge in [-0.25, -0.2) is 0 Å². The summed E-state index contributed by atoms with van der Waals surface area (Å²) in [5.41, 5.74) is 2.25. The third-order valence-corrected chi connectivity index (χ3v) is 4.10. The molecule has 1 saturated heterocycles. The highest BCUT2D eigenvalue weighted by atomic mass is 16.4. The molecule has 0 spiro atoms. The number of aromatic nitrogens is 2. The van der Waals surface area contributed by atoms with Gasteiger partial charge in [0.2, 0.25) is 11.8 Å². The Labute approximate surface area is 136 Å². The van der Waals surface area contributed by atoms with E-state index in [2.05, 4.69) is 16.3 Å². The number of piperazine rings is 1. The number of amides is 1. The van der Waals surface area contributed by atoms with Gasteiger partial charge in [0.25, 0.3) is 0 Å². The van der Waals surface area contributed by atoms with Gasteiger partial charge >= 0.3 is 6.01 Å². The monoisotopic (exact) mass is 314 g/mol. The van der Waals surface area contributed by atoms with Crippen LogP contribution >= 0.6 is 0 Å². The van der Waals surface area contributed by atoms with Crippen molar-refractivity contribution in [2.75, 3.05) is 31.1 Å². The van der Waals surface area contributed by atoms with Crippen LogP contribution in [0.5, 0.6) is 0 Å². The largest absolute Gasteiger partial charge is 0.408 e. The molecule has 0 aliphatic carbocycles. The van der Waals surface area contributed by atoms with Gasteiger partial charge < -0.3 is 14.2 Å². The lowest BCUT2D eigenvalue weighted by Gasteiger charge is -2.33. The van der Waals surface area contributed by atoms with Crippen molar-refractivity contribution < 1.29 is 9.21 Å². The Kier molecular flexibility index (Phi) is 4.60. The number of rotatable bonds is 4. The number of hydrogen-bond donors (Lipinski definition) is 0. The third kappa shape index (κ3) is 3.70. The Morgan fingerprint density at radius 2 is 2.00 bits per heavy atom.